The molecule has 3 unspecified atom stereocenters. The molecule has 1 aliphatic rings. The zero-order valence-corrected chi connectivity index (χ0v) is 14.7. The molecule has 1 aromatic heterocycles. The van der Waals surface area contributed by atoms with E-state index in [0.717, 1.165) is 12.8 Å². The van der Waals surface area contributed by atoms with Crippen molar-refractivity contribution in [2.75, 3.05) is 12.9 Å². The Balaban J connectivity index is 1.85. The SMILES string of the molecule is CSc1ncccc1C(=O)OCC(=O)NC1CCCC(C)C1C. The minimum atomic E-state index is -0.511. The molecule has 1 aromatic rings. The third-order valence-electron chi connectivity index (χ3n) is 4.57. The van der Waals surface area contributed by atoms with E-state index in [0.29, 0.717) is 22.4 Å². The standard InChI is InChI=1S/C17H24N2O3S/c1-11-6-4-8-14(12(11)2)19-15(20)10-22-17(21)13-7-5-9-18-16(13)23-3/h5,7,9,11-12,14H,4,6,8,10H2,1-3H3,(H,19,20). The topological polar surface area (TPSA) is 68.3 Å². The number of carbonyl (C=O) groups excluding carboxylic acids is 2. The molecule has 1 fully saturated rings. The van der Waals surface area contributed by atoms with Crippen LogP contribution in [-0.4, -0.2) is 35.8 Å². The molecule has 23 heavy (non-hydrogen) atoms. The second-order valence-electron chi connectivity index (χ2n) is 6.08. The summed E-state index contributed by atoms with van der Waals surface area (Å²) in [5, 5.41) is 3.60. The van der Waals surface area contributed by atoms with Crippen molar-refractivity contribution in [2.24, 2.45) is 11.8 Å². The smallest absolute Gasteiger partial charge is 0.341 e. The highest BCUT2D eigenvalue weighted by molar-refractivity contribution is 7.98. The molecule has 126 valence electrons. The summed E-state index contributed by atoms with van der Waals surface area (Å²) in [4.78, 5) is 28.2. The number of hydrogen-bond acceptors (Lipinski definition) is 5. The van der Waals surface area contributed by atoms with E-state index in [9.17, 15) is 9.59 Å². The van der Waals surface area contributed by atoms with Crippen LogP contribution in [0.25, 0.3) is 0 Å². The van der Waals surface area contributed by atoms with E-state index in [2.05, 4.69) is 24.1 Å². The van der Waals surface area contributed by atoms with Gasteiger partial charge in [-0.3, -0.25) is 4.79 Å². The van der Waals surface area contributed by atoms with Gasteiger partial charge in [-0.1, -0.05) is 26.7 Å². The van der Waals surface area contributed by atoms with Gasteiger partial charge in [-0.2, -0.15) is 0 Å². The van der Waals surface area contributed by atoms with Crippen molar-refractivity contribution in [1.29, 1.82) is 0 Å². The number of esters is 1. The van der Waals surface area contributed by atoms with Gasteiger partial charge in [0.05, 0.1) is 5.56 Å². The van der Waals surface area contributed by atoms with Crippen molar-refractivity contribution in [1.82, 2.24) is 10.3 Å². The lowest BCUT2D eigenvalue weighted by Gasteiger charge is -2.34. The van der Waals surface area contributed by atoms with E-state index in [1.807, 2.05) is 6.26 Å². The first-order valence-corrected chi connectivity index (χ1v) is 9.21. The van der Waals surface area contributed by atoms with Crippen molar-refractivity contribution < 1.29 is 14.3 Å². The summed E-state index contributed by atoms with van der Waals surface area (Å²) in [5.74, 6) is 0.308. The van der Waals surface area contributed by atoms with Gasteiger partial charge < -0.3 is 10.1 Å². The van der Waals surface area contributed by atoms with Crippen LogP contribution in [0.4, 0.5) is 0 Å². The summed E-state index contributed by atoms with van der Waals surface area (Å²) in [6.07, 6.45) is 6.80. The number of hydrogen-bond donors (Lipinski definition) is 1. The molecule has 0 aliphatic heterocycles. The quantitative estimate of drug-likeness (QED) is 0.661. The zero-order valence-electron chi connectivity index (χ0n) is 13.9. The van der Waals surface area contributed by atoms with Gasteiger partial charge in [0.25, 0.3) is 5.91 Å². The Morgan fingerprint density at radius 2 is 2.17 bits per heavy atom. The van der Waals surface area contributed by atoms with Gasteiger partial charge in [0.2, 0.25) is 0 Å². The highest BCUT2D eigenvalue weighted by Gasteiger charge is 2.28. The van der Waals surface area contributed by atoms with Crippen LogP contribution in [0.2, 0.25) is 0 Å². The molecular weight excluding hydrogens is 312 g/mol. The number of carbonyl (C=O) groups is 2. The number of rotatable bonds is 5. The Hall–Kier alpha value is -1.56. The zero-order chi connectivity index (χ0) is 16.8. The fourth-order valence-electron chi connectivity index (χ4n) is 2.95. The average Bonchev–Trinajstić information content (AvgIpc) is 2.56. The maximum absolute atomic E-state index is 12.1. The van der Waals surface area contributed by atoms with E-state index in [1.165, 1.54) is 18.2 Å². The molecule has 3 atom stereocenters. The predicted octanol–water partition coefficient (Wildman–Crippen LogP) is 2.90. The minimum absolute atomic E-state index is 0.171. The van der Waals surface area contributed by atoms with Gasteiger partial charge in [-0.15, -0.1) is 11.8 Å². The third kappa shape index (κ3) is 4.70. The normalized spacial score (nSPS) is 24.0. The van der Waals surface area contributed by atoms with E-state index < -0.39 is 5.97 Å². The first-order chi connectivity index (χ1) is 11.0. The summed E-state index contributed by atoms with van der Waals surface area (Å²) >= 11 is 1.37. The Morgan fingerprint density at radius 3 is 2.91 bits per heavy atom. The van der Waals surface area contributed by atoms with Crippen LogP contribution < -0.4 is 5.32 Å². The second-order valence-corrected chi connectivity index (χ2v) is 6.87. The van der Waals surface area contributed by atoms with Crippen molar-refractivity contribution in [3.8, 4) is 0 Å². The summed E-state index contributed by atoms with van der Waals surface area (Å²) < 4.78 is 5.13. The van der Waals surface area contributed by atoms with Gasteiger partial charge in [0.1, 0.15) is 5.03 Å². The number of thioether (sulfide) groups is 1. The molecule has 0 saturated heterocycles. The van der Waals surface area contributed by atoms with E-state index in [1.54, 1.807) is 18.3 Å². The summed E-state index contributed by atoms with van der Waals surface area (Å²) in [6.45, 7) is 4.13. The minimum Gasteiger partial charge on any atom is -0.452 e. The summed E-state index contributed by atoms with van der Waals surface area (Å²) in [5.41, 5.74) is 0.396. The van der Waals surface area contributed by atoms with Gasteiger partial charge in [-0.05, 0) is 36.6 Å². The first kappa shape index (κ1) is 17.8. The van der Waals surface area contributed by atoms with Crippen LogP contribution >= 0.6 is 11.8 Å². The predicted molar refractivity (Wildman–Crippen MR) is 90.4 cm³/mol. The number of nitrogens with one attached hydrogen (secondary N) is 1. The number of pyridine rings is 1. The second kappa shape index (κ2) is 8.34. The Labute approximate surface area is 141 Å². The maximum Gasteiger partial charge on any atom is 0.341 e. The van der Waals surface area contributed by atoms with Crippen LogP contribution in [0, 0.1) is 11.8 Å². The van der Waals surface area contributed by atoms with E-state index in [-0.39, 0.29) is 18.6 Å². The fourth-order valence-corrected chi connectivity index (χ4v) is 3.49. The molecule has 6 heteroatoms. The molecule has 1 heterocycles. The fraction of sp³-hybridized carbons (Fsp3) is 0.588. The van der Waals surface area contributed by atoms with E-state index >= 15 is 0 Å². The highest BCUT2D eigenvalue weighted by atomic mass is 32.2. The van der Waals surface area contributed by atoms with Crippen LogP contribution in [-0.2, 0) is 9.53 Å². The van der Waals surface area contributed by atoms with Gasteiger partial charge >= 0.3 is 5.97 Å². The molecule has 1 aliphatic carbocycles. The lowest BCUT2D eigenvalue weighted by Crippen LogP contribution is -2.45. The number of amides is 1. The van der Waals surface area contributed by atoms with Crippen molar-refractivity contribution in [2.45, 2.75) is 44.2 Å². The van der Waals surface area contributed by atoms with Crippen molar-refractivity contribution in [3.05, 3.63) is 23.9 Å². The van der Waals surface area contributed by atoms with Gasteiger partial charge in [0.15, 0.2) is 6.61 Å². The molecular formula is C17H24N2O3S. The Morgan fingerprint density at radius 1 is 1.39 bits per heavy atom. The Kier molecular flexibility index (Phi) is 6.45. The molecule has 1 saturated carbocycles. The average molecular weight is 336 g/mol. The van der Waals surface area contributed by atoms with Crippen LogP contribution in [0.5, 0.6) is 0 Å². The lowest BCUT2D eigenvalue weighted by atomic mass is 9.78. The molecule has 1 N–H and O–H groups in total. The molecule has 2 rings (SSSR count). The number of ether oxygens (including phenoxy) is 1. The van der Waals surface area contributed by atoms with Crippen LogP contribution in [0.1, 0.15) is 43.5 Å². The maximum atomic E-state index is 12.1. The van der Waals surface area contributed by atoms with Gasteiger partial charge in [0, 0.05) is 12.2 Å². The number of aromatic nitrogens is 1. The molecule has 0 spiro atoms. The monoisotopic (exact) mass is 336 g/mol. The molecule has 0 bridgehead atoms. The lowest BCUT2D eigenvalue weighted by molar-refractivity contribution is -0.125. The molecule has 0 radical (unpaired) electrons. The molecule has 0 aromatic carbocycles. The largest absolute Gasteiger partial charge is 0.452 e. The highest BCUT2D eigenvalue weighted by Crippen LogP contribution is 2.29. The Bertz CT molecular complexity index is 565. The summed E-state index contributed by atoms with van der Waals surface area (Å²) in [6, 6.07) is 3.51. The first-order valence-electron chi connectivity index (χ1n) is 7.98. The van der Waals surface area contributed by atoms with Crippen molar-refractivity contribution in [3.63, 3.8) is 0 Å². The van der Waals surface area contributed by atoms with Crippen LogP contribution in [0.15, 0.2) is 23.4 Å². The van der Waals surface area contributed by atoms with E-state index in [4.69, 9.17) is 4.74 Å². The number of nitrogens with zero attached hydrogens (tertiary/aromatic N) is 1. The van der Waals surface area contributed by atoms with Crippen molar-refractivity contribution >= 4 is 23.6 Å². The molecule has 1 amide bonds. The van der Waals surface area contributed by atoms with Crippen LogP contribution in [0.3, 0.4) is 0 Å². The summed E-state index contributed by atoms with van der Waals surface area (Å²) in [7, 11) is 0. The third-order valence-corrected chi connectivity index (χ3v) is 5.28. The van der Waals surface area contributed by atoms with Gasteiger partial charge in [-0.25, -0.2) is 9.78 Å². The molecule has 5 nitrogen and oxygen atoms in total.